The second-order valence-electron chi connectivity index (χ2n) is 5.68. The molecule has 6 nitrogen and oxygen atoms in total. The summed E-state index contributed by atoms with van der Waals surface area (Å²) < 4.78 is 0. The molecule has 0 bridgehead atoms. The van der Waals surface area contributed by atoms with E-state index in [1.165, 1.54) is 13.1 Å². The molecule has 3 aromatic rings. The van der Waals surface area contributed by atoms with Crippen LogP contribution in [-0.4, -0.2) is 23.1 Å². The quantitative estimate of drug-likeness (QED) is 0.500. The molecule has 3 aromatic carbocycles. The fourth-order valence-electron chi connectivity index (χ4n) is 2.55. The molecule has 3 rings (SSSR count). The predicted molar refractivity (Wildman–Crippen MR) is 101 cm³/mol. The van der Waals surface area contributed by atoms with Gasteiger partial charge in [0.15, 0.2) is 0 Å². The molecule has 0 aromatic heterocycles. The zero-order chi connectivity index (χ0) is 18.5. The van der Waals surface area contributed by atoms with Gasteiger partial charge in [-0.2, -0.15) is 5.10 Å². The van der Waals surface area contributed by atoms with Crippen LogP contribution in [0.15, 0.2) is 65.8 Å². The van der Waals surface area contributed by atoms with Crippen molar-refractivity contribution in [1.82, 2.24) is 5.43 Å². The second-order valence-corrected chi connectivity index (χ2v) is 5.68. The van der Waals surface area contributed by atoms with Crippen molar-refractivity contribution in [3.63, 3.8) is 0 Å². The number of rotatable bonds is 4. The Bertz CT molecular complexity index is 995. The van der Waals surface area contributed by atoms with Gasteiger partial charge in [-0.3, -0.25) is 9.59 Å². The maximum absolute atomic E-state index is 12.1. The Morgan fingerprint density at radius 3 is 2.46 bits per heavy atom. The maximum atomic E-state index is 12.1. The molecular weight excluding hydrogens is 330 g/mol. The number of carbonyl (C=O) groups is 2. The first kappa shape index (κ1) is 17.2. The van der Waals surface area contributed by atoms with Gasteiger partial charge in [0.05, 0.1) is 6.21 Å². The predicted octanol–water partition coefficient (Wildman–Crippen LogP) is 3.27. The van der Waals surface area contributed by atoms with Crippen molar-refractivity contribution in [2.45, 2.75) is 6.92 Å². The molecule has 0 aliphatic rings. The molecule has 0 saturated heterocycles. The van der Waals surface area contributed by atoms with E-state index in [4.69, 9.17) is 0 Å². The van der Waals surface area contributed by atoms with Gasteiger partial charge >= 0.3 is 0 Å². The number of benzene rings is 3. The number of amides is 2. The summed E-state index contributed by atoms with van der Waals surface area (Å²) in [7, 11) is 0. The van der Waals surface area contributed by atoms with E-state index in [2.05, 4.69) is 15.8 Å². The van der Waals surface area contributed by atoms with Crippen LogP contribution < -0.4 is 10.7 Å². The molecular formula is C20H17N3O3. The van der Waals surface area contributed by atoms with Crippen LogP contribution in [0.5, 0.6) is 5.75 Å². The lowest BCUT2D eigenvalue weighted by Gasteiger charge is -2.05. The van der Waals surface area contributed by atoms with E-state index in [0.717, 1.165) is 10.8 Å². The zero-order valence-electron chi connectivity index (χ0n) is 14.1. The minimum Gasteiger partial charge on any atom is -0.507 e. The molecule has 0 radical (unpaired) electrons. The minimum atomic E-state index is -0.393. The molecule has 26 heavy (non-hydrogen) atoms. The molecule has 0 fully saturated rings. The van der Waals surface area contributed by atoms with Crippen LogP contribution in [-0.2, 0) is 4.79 Å². The summed E-state index contributed by atoms with van der Waals surface area (Å²) >= 11 is 0. The van der Waals surface area contributed by atoms with Crippen molar-refractivity contribution in [3.8, 4) is 5.75 Å². The highest BCUT2D eigenvalue weighted by molar-refractivity contribution is 6.03. The number of hydrogen-bond donors (Lipinski definition) is 3. The molecule has 0 spiro atoms. The van der Waals surface area contributed by atoms with E-state index >= 15 is 0 Å². The van der Waals surface area contributed by atoms with E-state index in [1.807, 2.05) is 30.3 Å². The Hall–Kier alpha value is -3.67. The van der Waals surface area contributed by atoms with Gasteiger partial charge < -0.3 is 10.4 Å². The van der Waals surface area contributed by atoms with Gasteiger partial charge in [0.2, 0.25) is 5.91 Å². The molecule has 0 atom stereocenters. The zero-order valence-corrected chi connectivity index (χ0v) is 14.1. The van der Waals surface area contributed by atoms with Gasteiger partial charge in [0.25, 0.3) is 5.91 Å². The van der Waals surface area contributed by atoms with Crippen LogP contribution in [0.25, 0.3) is 10.8 Å². The topological polar surface area (TPSA) is 90.8 Å². The highest BCUT2D eigenvalue weighted by Crippen LogP contribution is 2.25. The number of hydrogen-bond acceptors (Lipinski definition) is 4. The van der Waals surface area contributed by atoms with Gasteiger partial charge in [-0.25, -0.2) is 5.43 Å². The fourth-order valence-corrected chi connectivity index (χ4v) is 2.55. The number of nitrogens with zero attached hydrogens (tertiary/aromatic N) is 1. The van der Waals surface area contributed by atoms with Crippen LogP contribution in [0.2, 0.25) is 0 Å². The number of phenols is 1. The molecule has 2 amide bonds. The highest BCUT2D eigenvalue weighted by atomic mass is 16.3. The van der Waals surface area contributed by atoms with E-state index in [-0.39, 0.29) is 11.7 Å². The van der Waals surface area contributed by atoms with E-state index < -0.39 is 5.91 Å². The third kappa shape index (κ3) is 3.87. The first-order valence-corrected chi connectivity index (χ1v) is 7.96. The Morgan fingerprint density at radius 1 is 1.00 bits per heavy atom. The number of hydrazone groups is 1. The third-order valence-corrected chi connectivity index (χ3v) is 3.77. The number of phenolic OH excluding ortho intramolecular Hbond substituents is 1. The summed E-state index contributed by atoms with van der Waals surface area (Å²) in [4.78, 5) is 23.1. The lowest BCUT2D eigenvalue weighted by atomic mass is 10.0. The Morgan fingerprint density at radius 2 is 1.73 bits per heavy atom. The summed E-state index contributed by atoms with van der Waals surface area (Å²) in [5, 5.41) is 18.4. The first-order chi connectivity index (χ1) is 12.5. The molecule has 0 aliphatic heterocycles. The normalized spacial score (nSPS) is 10.8. The van der Waals surface area contributed by atoms with Crippen molar-refractivity contribution >= 4 is 34.5 Å². The number of nitrogens with one attached hydrogen (secondary N) is 2. The first-order valence-electron chi connectivity index (χ1n) is 7.96. The summed E-state index contributed by atoms with van der Waals surface area (Å²) in [5.41, 5.74) is 3.97. The average molecular weight is 347 g/mol. The van der Waals surface area contributed by atoms with Crippen molar-refractivity contribution in [3.05, 3.63) is 71.8 Å². The summed E-state index contributed by atoms with van der Waals surface area (Å²) in [5.74, 6) is -0.488. The highest BCUT2D eigenvalue weighted by Gasteiger charge is 2.06. The monoisotopic (exact) mass is 347 g/mol. The number of aromatic hydroxyl groups is 1. The SMILES string of the molecule is CC(=O)Nc1ccc(C(=O)N/N=C\c2c(O)ccc3ccccc23)cc1. The van der Waals surface area contributed by atoms with Crippen LogP contribution >= 0.6 is 0 Å². The van der Waals surface area contributed by atoms with Crippen molar-refractivity contribution in [2.75, 3.05) is 5.32 Å². The number of carbonyl (C=O) groups excluding carboxylic acids is 2. The maximum Gasteiger partial charge on any atom is 0.271 e. The Kier molecular flexibility index (Phi) is 4.94. The standard InChI is InChI=1S/C20H17N3O3/c1-13(24)22-16-9-6-15(7-10-16)20(26)23-21-12-18-17-5-3-2-4-14(17)8-11-19(18)25/h2-12,25H,1H3,(H,22,24)(H,23,26)/b21-12-. The Labute approximate surface area is 150 Å². The van der Waals surface area contributed by atoms with Gasteiger partial charge in [0, 0.05) is 23.7 Å². The summed E-state index contributed by atoms with van der Waals surface area (Å²) in [6.07, 6.45) is 1.42. The molecule has 0 saturated carbocycles. The van der Waals surface area contributed by atoms with Crippen LogP contribution in [0.4, 0.5) is 5.69 Å². The molecule has 3 N–H and O–H groups in total. The number of anilines is 1. The van der Waals surface area contributed by atoms with Gasteiger partial charge in [-0.15, -0.1) is 0 Å². The lowest BCUT2D eigenvalue weighted by Crippen LogP contribution is -2.17. The molecule has 130 valence electrons. The molecule has 0 unspecified atom stereocenters. The molecule has 6 heteroatoms. The van der Waals surface area contributed by atoms with E-state index in [1.54, 1.807) is 30.3 Å². The van der Waals surface area contributed by atoms with Crippen molar-refractivity contribution in [2.24, 2.45) is 5.10 Å². The number of fused-ring (bicyclic) bond motifs is 1. The fraction of sp³-hybridized carbons (Fsp3) is 0.0500. The van der Waals surface area contributed by atoms with Crippen LogP contribution in [0, 0.1) is 0 Å². The minimum absolute atomic E-state index is 0.0846. The Balaban J connectivity index is 1.73. The van der Waals surface area contributed by atoms with Gasteiger partial charge in [0.1, 0.15) is 5.75 Å². The summed E-state index contributed by atoms with van der Waals surface area (Å²) in [6.45, 7) is 1.41. The lowest BCUT2D eigenvalue weighted by molar-refractivity contribution is -0.114. The second kappa shape index (κ2) is 7.48. The third-order valence-electron chi connectivity index (χ3n) is 3.77. The molecule has 0 heterocycles. The van der Waals surface area contributed by atoms with Gasteiger partial charge in [-0.05, 0) is 41.1 Å². The van der Waals surface area contributed by atoms with E-state index in [0.29, 0.717) is 16.8 Å². The van der Waals surface area contributed by atoms with Crippen molar-refractivity contribution < 1.29 is 14.7 Å². The van der Waals surface area contributed by atoms with Crippen molar-refractivity contribution in [1.29, 1.82) is 0 Å². The van der Waals surface area contributed by atoms with Crippen LogP contribution in [0.3, 0.4) is 0 Å². The average Bonchev–Trinajstić information content (AvgIpc) is 2.63. The van der Waals surface area contributed by atoms with E-state index in [9.17, 15) is 14.7 Å². The van der Waals surface area contributed by atoms with Gasteiger partial charge in [-0.1, -0.05) is 30.3 Å². The molecule has 0 aliphatic carbocycles. The largest absolute Gasteiger partial charge is 0.507 e. The smallest absolute Gasteiger partial charge is 0.271 e. The van der Waals surface area contributed by atoms with Crippen LogP contribution in [0.1, 0.15) is 22.8 Å². The summed E-state index contributed by atoms with van der Waals surface area (Å²) in [6, 6.07) is 17.4.